The summed E-state index contributed by atoms with van der Waals surface area (Å²) in [6.45, 7) is 4.96. The molecule has 8 nitrogen and oxygen atoms in total. The summed E-state index contributed by atoms with van der Waals surface area (Å²) in [6.07, 6.45) is 0. The molecule has 0 saturated carbocycles. The van der Waals surface area contributed by atoms with Crippen molar-refractivity contribution in [3.8, 4) is 11.5 Å². The van der Waals surface area contributed by atoms with E-state index < -0.39 is 22.5 Å². The molecule has 0 bridgehead atoms. The van der Waals surface area contributed by atoms with E-state index in [0.29, 0.717) is 28.5 Å². The zero-order valence-corrected chi connectivity index (χ0v) is 21.2. The fraction of sp³-hybridized carbons (Fsp3) is 0.231. The molecule has 184 valence electrons. The summed E-state index contributed by atoms with van der Waals surface area (Å²) in [5.41, 5.74) is 5.78. The highest BCUT2D eigenvalue weighted by Gasteiger charge is 2.28. The van der Waals surface area contributed by atoms with Crippen LogP contribution in [0, 0.1) is 13.8 Å². The maximum absolute atomic E-state index is 13.5. The fourth-order valence-corrected chi connectivity index (χ4v) is 4.90. The van der Waals surface area contributed by atoms with Crippen molar-refractivity contribution in [1.82, 2.24) is 5.43 Å². The third-order valence-corrected chi connectivity index (χ3v) is 7.20. The van der Waals surface area contributed by atoms with E-state index in [1.165, 1.54) is 19.2 Å². The van der Waals surface area contributed by atoms with E-state index >= 15 is 0 Å². The number of rotatable bonds is 9. The van der Waals surface area contributed by atoms with Crippen LogP contribution < -0.4 is 19.2 Å². The van der Waals surface area contributed by atoms with Crippen LogP contribution >= 0.6 is 0 Å². The third-order valence-electron chi connectivity index (χ3n) is 5.43. The van der Waals surface area contributed by atoms with Crippen molar-refractivity contribution in [3.05, 3.63) is 83.4 Å². The molecule has 1 N–H and O–H groups in total. The number of aryl methyl sites for hydroxylation is 2. The van der Waals surface area contributed by atoms with Gasteiger partial charge in [0.05, 0.1) is 30.5 Å². The monoisotopic (exact) mass is 495 g/mol. The minimum atomic E-state index is -4.00. The maximum atomic E-state index is 13.5. The van der Waals surface area contributed by atoms with Gasteiger partial charge >= 0.3 is 0 Å². The van der Waals surface area contributed by atoms with Crippen molar-refractivity contribution in [2.24, 2.45) is 5.10 Å². The smallest absolute Gasteiger partial charge is 0.264 e. The van der Waals surface area contributed by atoms with Gasteiger partial charge in [-0.1, -0.05) is 35.9 Å². The van der Waals surface area contributed by atoms with E-state index in [-0.39, 0.29) is 4.90 Å². The first-order valence-corrected chi connectivity index (χ1v) is 12.3. The van der Waals surface area contributed by atoms with Crippen LogP contribution in [0.4, 0.5) is 5.69 Å². The van der Waals surface area contributed by atoms with Crippen molar-refractivity contribution >= 4 is 27.3 Å². The quantitative estimate of drug-likeness (QED) is 0.357. The number of carbonyl (C=O) groups is 1. The number of benzene rings is 3. The highest BCUT2D eigenvalue weighted by molar-refractivity contribution is 7.92. The van der Waals surface area contributed by atoms with Crippen LogP contribution in [0.15, 0.2) is 76.7 Å². The van der Waals surface area contributed by atoms with Crippen molar-refractivity contribution < 1.29 is 22.7 Å². The minimum absolute atomic E-state index is 0.101. The lowest BCUT2D eigenvalue weighted by molar-refractivity contribution is -0.119. The standard InChI is InChI=1S/C26H29N3O5S/c1-18-10-13-22(14-11-18)35(31,32)29(23-9-7-6-8-19(23)2)17-26(30)28-27-20(3)21-12-15-24(33-4)25(16-21)34-5/h6-16H,17H2,1-5H3,(H,28,30)/b27-20+. The zero-order valence-electron chi connectivity index (χ0n) is 20.4. The van der Waals surface area contributed by atoms with Crippen molar-refractivity contribution in [2.75, 3.05) is 25.1 Å². The van der Waals surface area contributed by atoms with Crippen LogP contribution in [0.25, 0.3) is 0 Å². The Bertz CT molecular complexity index is 1340. The summed E-state index contributed by atoms with van der Waals surface area (Å²) >= 11 is 0. The Labute approximate surface area is 206 Å². The van der Waals surface area contributed by atoms with Crippen molar-refractivity contribution in [1.29, 1.82) is 0 Å². The molecule has 9 heteroatoms. The molecule has 35 heavy (non-hydrogen) atoms. The molecule has 0 fully saturated rings. The zero-order chi connectivity index (χ0) is 25.6. The molecule has 1 amide bonds. The van der Waals surface area contributed by atoms with E-state index in [0.717, 1.165) is 15.4 Å². The summed E-state index contributed by atoms with van der Waals surface area (Å²) in [5, 5.41) is 4.16. The van der Waals surface area contributed by atoms with Gasteiger partial charge in [0.15, 0.2) is 11.5 Å². The lowest BCUT2D eigenvalue weighted by Crippen LogP contribution is -2.40. The van der Waals surface area contributed by atoms with Crippen LogP contribution in [0.2, 0.25) is 0 Å². The topological polar surface area (TPSA) is 97.3 Å². The second kappa shape index (κ2) is 11.1. The predicted octanol–water partition coefficient (Wildman–Crippen LogP) is 4.06. The Hall–Kier alpha value is -3.85. The number of amides is 1. The van der Waals surface area contributed by atoms with Gasteiger partial charge in [-0.25, -0.2) is 13.8 Å². The highest BCUT2D eigenvalue weighted by atomic mass is 32.2. The summed E-state index contributed by atoms with van der Waals surface area (Å²) in [6, 6.07) is 18.8. The number of nitrogens with one attached hydrogen (secondary N) is 1. The van der Waals surface area contributed by atoms with E-state index in [1.807, 2.05) is 13.0 Å². The van der Waals surface area contributed by atoms with Gasteiger partial charge < -0.3 is 9.47 Å². The summed E-state index contributed by atoms with van der Waals surface area (Å²) in [5.74, 6) is 0.521. The Morgan fingerprint density at radius 3 is 2.23 bits per heavy atom. The first kappa shape index (κ1) is 25.8. The first-order valence-electron chi connectivity index (χ1n) is 10.9. The van der Waals surface area contributed by atoms with Gasteiger partial charge in [0.25, 0.3) is 15.9 Å². The molecule has 0 atom stereocenters. The van der Waals surface area contributed by atoms with Gasteiger partial charge in [-0.3, -0.25) is 9.10 Å². The number of para-hydroxylation sites is 1. The van der Waals surface area contributed by atoms with E-state index in [1.54, 1.807) is 69.5 Å². The average Bonchev–Trinajstić information content (AvgIpc) is 2.86. The number of anilines is 1. The molecule has 0 radical (unpaired) electrons. The maximum Gasteiger partial charge on any atom is 0.264 e. The van der Waals surface area contributed by atoms with Crippen LogP contribution in [-0.2, 0) is 14.8 Å². The number of carbonyl (C=O) groups excluding carboxylic acids is 1. The van der Waals surface area contributed by atoms with Gasteiger partial charge in [0.2, 0.25) is 0 Å². The third kappa shape index (κ3) is 5.99. The molecular formula is C26H29N3O5S. The van der Waals surface area contributed by atoms with Crippen molar-refractivity contribution in [3.63, 3.8) is 0 Å². The fourth-order valence-electron chi connectivity index (χ4n) is 3.42. The van der Waals surface area contributed by atoms with E-state index in [4.69, 9.17) is 9.47 Å². The Kier molecular flexibility index (Phi) is 8.14. The molecule has 0 aliphatic carbocycles. The summed E-state index contributed by atoms with van der Waals surface area (Å²) in [4.78, 5) is 13.0. The van der Waals surface area contributed by atoms with Crippen LogP contribution in [0.1, 0.15) is 23.6 Å². The predicted molar refractivity (Wildman–Crippen MR) is 137 cm³/mol. The molecule has 0 unspecified atom stereocenters. The number of methoxy groups -OCH3 is 2. The Morgan fingerprint density at radius 1 is 0.943 bits per heavy atom. The van der Waals surface area contributed by atoms with Crippen LogP contribution in [0.3, 0.4) is 0 Å². The molecule has 3 aromatic carbocycles. The van der Waals surface area contributed by atoms with E-state index in [9.17, 15) is 13.2 Å². The largest absolute Gasteiger partial charge is 0.493 e. The van der Waals surface area contributed by atoms with Gasteiger partial charge in [-0.2, -0.15) is 5.10 Å². The number of ether oxygens (including phenoxy) is 2. The SMILES string of the molecule is COc1ccc(/C(C)=N/NC(=O)CN(c2ccccc2C)S(=O)(=O)c2ccc(C)cc2)cc1OC. The summed E-state index contributed by atoms with van der Waals surface area (Å²) in [7, 11) is -0.925. The van der Waals surface area contributed by atoms with E-state index in [2.05, 4.69) is 10.5 Å². The lowest BCUT2D eigenvalue weighted by atomic mass is 10.1. The summed E-state index contributed by atoms with van der Waals surface area (Å²) < 4.78 is 38.7. The number of nitrogens with zero attached hydrogens (tertiary/aromatic N) is 2. The van der Waals surface area contributed by atoms with Gasteiger partial charge in [0, 0.05) is 5.56 Å². The number of hydrogen-bond acceptors (Lipinski definition) is 6. The van der Waals surface area contributed by atoms with Gasteiger partial charge in [-0.05, 0) is 62.7 Å². The molecule has 3 rings (SSSR count). The average molecular weight is 496 g/mol. The molecule has 0 saturated heterocycles. The van der Waals surface area contributed by atoms with Gasteiger partial charge in [-0.15, -0.1) is 0 Å². The molecule has 3 aromatic rings. The highest BCUT2D eigenvalue weighted by Crippen LogP contribution is 2.28. The van der Waals surface area contributed by atoms with Gasteiger partial charge in [0.1, 0.15) is 6.54 Å². The second-order valence-corrected chi connectivity index (χ2v) is 9.78. The lowest BCUT2D eigenvalue weighted by Gasteiger charge is -2.25. The number of hydrogen-bond donors (Lipinski definition) is 1. The van der Waals surface area contributed by atoms with Crippen LogP contribution in [0.5, 0.6) is 11.5 Å². The molecule has 0 heterocycles. The molecule has 0 spiro atoms. The molecule has 0 aliphatic heterocycles. The molecule has 0 aliphatic rings. The minimum Gasteiger partial charge on any atom is -0.493 e. The Morgan fingerprint density at radius 2 is 1.60 bits per heavy atom. The normalized spacial score (nSPS) is 11.6. The van der Waals surface area contributed by atoms with Crippen LogP contribution in [-0.4, -0.2) is 40.8 Å². The molecular weight excluding hydrogens is 466 g/mol. The first-order chi connectivity index (χ1) is 16.7. The number of hydrazone groups is 1. The second-order valence-electron chi connectivity index (χ2n) is 7.91. The molecule has 0 aromatic heterocycles. The Balaban J connectivity index is 1.87. The van der Waals surface area contributed by atoms with Crippen molar-refractivity contribution in [2.45, 2.75) is 25.7 Å². The number of sulfonamides is 1.